The summed E-state index contributed by atoms with van der Waals surface area (Å²) >= 11 is 0. The van der Waals surface area contributed by atoms with Crippen LogP contribution >= 0.6 is 0 Å². The Hall–Kier alpha value is -1.79. The highest BCUT2D eigenvalue weighted by Crippen LogP contribution is 2.32. The highest BCUT2D eigenvalue weighted by molar-refractivity contribution is 5.92. The zero-order chi connectivity index (χ0) is 12.1. The van der Waals surface area contributed by atoms with Crippen LogP contribution in [0.5, 0.6) is 11.5 Å². The molecule has 1 aromatic rings. The molecule has 0 radical (unpaired) electrons. The van der Waals surface area contributed by atoms with Crippen molar-refractivity contribution in [3.63, 3.8) is 0 Å². The molecule has 0 saturated heterocycles. The second-order valence-corrected chi connectivity index (χ2v) is 3.00. The first kappa shape index (κ1) is 12.3. The normalized spacial score (nSPS) is 9.94. The lowest BCUT2D eigenvalue weighted by Gasteiger charge is -2.12. The second-order valence-electron chi connectivity index (χ2n) is 3.00. The van der Waals surface area contributed by atoms with E-state index >= 15 is 0 Å². The summed E-state index contributed by atoms with van der Waals surface area (Å²) in [5.74, 6) is 4.33. The third-order valence-electron chi connectivity index (χ3n) is 2.02. The molecule has 0 bridgehead atoms. The number of carboxylic acid groups (broad SMARTS) is 1. The maximum absolute atomic E-state index is 11.0. The van der Waals surface area contributed by atoms with Gasteiger partial charge in [0.2, 0.25) is 0 Å². The van der Waals surface area contributed by atoms with Crippen molar-refractivity contribution in [3.05, 3.63) is 23.3 Å². The molecular formula is C10H13NO5. The molecule has 0 saturated carbocycles. The minimum Gasteiger partial charge on any atom is -0.493 e. The van der Waals surface area contributed by atoms with Crippen LogP contribution in [0.15, 0.2) is 12.1 Å². The molecular weight excluding hydrogens is 214 g/mol. The van der Waals surface area contributed by atoms with Crippen molar-refractivity contribution < 1.29 is 24.2 Å². The van der Waals surface area contributed by atoms with Gasteiger partial charge < -0.3 is 14.6 Å². The van der Waals surface area contributed by atoms with Crippen LogP contribution in [0.4, 0.5) is 0 Å². The Morgan fingerprint density at radius 2 is 2.06 bits per heavy atom. The predicted molar refractivity (Wildman–Crippen MR) is 55.5 cm³/mol. The van der Waals surface area contributed by atoms with Gasteiger partial charge >= 0.3 is 5.97 Å². The maximum Gasteiger partial charge on any atom is 0.339 e. The van der Waals surface area contributed by atoms with Crippen LogP contribution in [0.1, 0.15) is 15.9 Å². The molecule has 0 amide bonds. The molecule has 16 heavy (non-hydrogen) atoms. The van der Waals surface area contributed by atoms with Gasteiger partial charge in [-0.05, 0) is 17.7 Å². The monoisotopic (exact) mass is 227 g/mol. The van der Waals surface area contributed by atoms with Gasteiger partial charge in [-0.1, -0.05) is 0 Å². The Balaban J connectivity index is 3.31. The van der Waals surface area contributed by atoms with Crippen LogP contribution < -0.4 is 15.4 Å². The van der Waals surface area contributed by atoms with Crippen LogP contribution in [-0.4, -0.2) is 25.3 Å². The van der Waals surface area contributed by atoms with Gasteiger partial charge in [0.05, 0.1) is 20.8 Å². The lowest BCUT2D eigenvalue weighted by Crippen LogP contribution is -2.06. The standard InChI is InChI=1S/C10H13NO5/c1-14-8-4-6(5-16-11)3-7(10(12)13)9(8)15-2/h3-4H,5,11H2,1-2H3,(H,12,13). The molecule has 1 rings (SSSR count). The summed E-state index contributed by atoms with van der Waals surface area (Å²) in [7, 11) is 2.81. The van der Waals surface area contributed by atoms with E-state index in [9.17, 15) is 4.79 Å². The lowest BCUT2D eigenvalue weighted by atomic mass is 10.1. The SMILES string of the molecule is COc1cc(CON)cc(C(=O)O)c1OC. The smallest absolute Gasteiger partial charge is 0.339 e. The quantitative estimate of drug-likeness (QED) is 0.723. The van der Waals surface area contributed by atoms with Crippen molar-refractivity contribution in [1.82, 2.24) is 0 Å². The summed E-state index contributed by atoms with van der Waals surface area (Å²) in [6.45, 7) is 0.0979. The lowest BCUT2D eigenvalue weighted by molar-refractivity contribution is 0.0691. The average molecular weight is 227 g/mol. The zero-order valence-electron chi connectivity index (χ0n) is 9.02. The Bertz CT molecular complexity index is 391. The Morgan fingerprint density at radius 1 is 1.38 bits per heavy atom. The second kappa shape index (κ2) is 5.34. The number of nitrogens with two attached hydrogens (primary N) is 1. The van der Waals surface area contributed by atoms with E-state index in [1.807, 2.05) is 0 Å². The third-order valence-corrected chi connectivity index (χ3v) is 2.02. The van der Waals surface area contributed by atoms with Crippen molar-refractivity contribution in [1.29, 1.82) is 0 Å². The van der Waals surface area contributed by atoms with E-state index in [2.05, 4.69) is 4.84 Å². The average Bonchev–Trinajstić information content (AvgIpc) is 2.28. The Morgan fingerprint density at radius 3 is 2.50 bits per heavy atom. The molecule has 0 fully saturated rings. The molecule has 6 heteroatoms. The molecule has 6 nitrogen and oxygen atoms in total. The van der Waals surface area contributed by atoms with Gasteiger partial charge in [0, 0.05) is 0 Å². The highest BCUT2D eigenvalue weighted by atomic mass is 16.6. The highest BCUT2D eigenvalue weighted by Gasteiger charge is 2.17. The first-order chi connectivity index (χ1) is 7.63. The minimum absolute atomic E-state index is 0.00824. The minimum atomic E-state index is -1.10. The summed E-state index contributed by atoms with van der Waals surface area (Å²) in [5.41, 5.74) is 0.603. The summed E-state index contributed by atoms with van der Waals surface area (Å²) < 4.78 is 10.0. The Kier molecular flexibility index (Phi) is 4.10. The van der Waals surface area contributed by atoms with E-state index in [1.54, 1.807) is 6.07 Å². The van der Waals surface area contributed by atoms with Gasteiger partial charge in [0.25, 0.3) is 0 Å². The largest absolute Gasteiger partial charge is 0.493 e. The van der Waals surface area contributed by atoms with Crippen LogP contribution in [-0.2, 0) is 11.4 Å². The summed E-state index contributed by atoms with van der Waals surface area (Å²) in [5, 5.41) is 9.00. The van der Waals surface area contributed by atoms with Gasteiger partial charge in [-0.2, -0.15) is 0 Å². The molecule has 1 aromatic carbocycles. The molecule has 0 atom stereocenters. The fourth-order valence-electron chi connectivity index (χ4n) is 1.36. The summed E-state index contributed by atoms with van der Waals surface area (Å²) in [6.07, 6.45) is 0. The fourth-order valence-corrected chi connectivity index (χ4v) is 1.36. The van der Waals surface area contributed by atoms with E-state index in [-0.39, 0.29) is 17.9 Å². The van der Waals surface area contributed by atoms with Crippen LogP contribution in [0.25, 0.3) is 0 Å². The van der Waals surface area contributed by atoms with Crippen molar-refractivity contribution >= 4 is 5.97 Å². The van der Waals surface area contributed by atoms with Crippen molar-refractivity contribution in [3.8, 4) is 11.5 Å². The molecule has 0 aliphatic rings. The predicted octanol–water partition coefficient (Wildman–Crippen LogP) is 0.792. The molecule has 0 aliphatic carbocycles. The number of hydrogen-bond acceptors (Lipinski definition) is 5. The number of benzene rings is 1. The summed E-state index contributed by atoms with van der Waals surface area (Å²) in [6, 6.07) is 3.04. The molecule has 0 heterocycles. The van der Waals surface area contributed by atoms with Gasteiger partial charge in [-0.25, -0.2) is 10.7 Å². The number of carboxylic acids is 1. The number of aromatic carboxylic acids is 1. The van der Waals surface area contributed by atoms with E-state index in [1.165, 1.54) is 20.3 Å². The Labute approximate surface area is 92.5 Å². The van der Waals surface area contributed by atoms with Crippen molar-refractivity contribution in [2.75, 3.05) is 14.2 Å². The van der Waals surface area contributed by atoms with Crippen LogP contribution in [0.2, 0.25) is 0 Å². The van der Waals surface area contributed by atoms with Crippen molar-refractivity contribution in [2.45, 2.75) is 6.61 Å². The van der Waals surface area contributed by atoms with Crippen LogP contribution in [0, 0.1) is 0 Å². The first-order valence-corrected chi connectivity index (χ1v) is 4.44. The van der Waals surface area contributed by atoms with Gasteiger partial charge in [-0.3, -0.25) is 4.84 Å². The van der Waals surface area contributed by atoms with E-state index < -0.39 is 5.97 Å². The van der Waals surface area contributed by atoms with Gasteiger partial charge in [0.15, 0.2) is 11.5 Å². The number of ether oxygens (including phenoxy) is 2. The topological polar surface area (TPSA) is 91.0 Å². The molecule has 0 unspecified atom stereocenters. The number of hydrogen-bond donors (Lipinski definition) is 2. The molecule has 88 valence electrons. The molecule has 0 spiro atoms. The number of carbonyl (C=O) groups is 1. The molecule has 0 aliphatic heterocycles. The zero-order valence-corrected chi connectivity index (χ0v) is 9.02. The fraction of sp³-hybridized carbons (Fsp3) is 0.300. The van der Waals surface area contributed by atoms with E-state index in [4.69, 9.17) is 20.5 Å². The number of rotatable bonds is 5. The van der Waals surface area contributed by atoms with E-state index in [0.717, 1.165) is 0 Å². The van der Waals surface area contributed by atoms with Crippen LogP contribution in [0.3, 0.4) is 0 Å². The molecule has 3 N–H and O–H groups in total. The third kappa shape index (κ3) is 2.41. The van der Waals surface area contributed by atoms with E-state index in [0.29, 0.717) is 11.3 Å². The molecule has 0 aromatic heterocycles. The number of methoxy groups -OCH3 is 2. The maximum atomic E-state index is 11.0. The van der Waals surface area contributed by atoms with Gasteiger partial charge in [-0.15, -0.1) is 0 Å². The van der Waals surface area contributed by atoms with Gasteiger partial charge in [0.1, 0.15) is 5.56 Å². The van der Waals surface area contributed by atoms with Crippen molar-refractivity contribution in [2.24, 2.45) is 5.90 Å². The summed E-state index contributed by atoms with van der Waals surface area (Å²) in [4.78, 5) is 15.4. The first-order valence-electron chi connectivity index (χ1n) is 4.44.